The van der Waals surface area contributed by atoms with Gasteiger partial charge in [0, 0.05) is 6.61 Å². The zero-order chi connectivity index (χ0) is 12.6. The molecule has 1 aliphatic rings. The highest BCUT2D eigenvalue weighted by Gasteiger charge is 2.25. The van der Waals surface area contributed by atoms with Crippen molar-refractivity contribution in [1.82, 2.24) is 0 Å². The summed E-state index contributed by atoms with van der Waals surface area (Å²) >= 11 is 0. The van der Waals surface area contributed by atoms with Gasteiger partial charge in [0.05, 0.1) is 0 Å². The van der Waals surface area contributed by atoms with Crippen LogP contribution in [0.2, 0.25) is 0 Å². The molecular weight excluding hydrogens is 196 g/mol. The Kier molecular flexibility index (Phi) is 8.09. The first-order valence-corrected chi connectivity index (χ1v) is 7.01. The van der Waals surface area contributed by atoms with Crippen LogP contribution in [-0.4, -0.2) is 11.7 Å². The van der Waals surface area contributed by atoms with Crippen LogP contribution in [0.15, 0.2) is 0 Å². The number of aliphatic hydroxyl groups excluding tert-OH is 1. The molecule has 1 saturated carbocycles. The van der Waals surface area contributed by atoms with Crippen LogP contribution < -0.4 is 0 Å². The van der Waals surface area contributed by atoms with Crippen LogP contribution in [0.25, 0.3) is 0 Å². The van der Waals surface area contributed by atoms with Crippen molar-refractivity contribution in [2.45, 2.75) is 73.1 Å². The van der Waals surface area contributed by atoms with E-state index < -0.39 is 0 Å². The van der Waals surface area contributed by atoms with Crippen molar-refractivity contribution in [1.29, 1.82) is 0 Å². The highest BCUT2D eigenvalue weighted by atomic mass is 16.2. The summed E-state index contributed by atoms with van der Waals surface area (Å²) in [6, 6.07) is 0. The molecular formula is C15H32O. The number of hydrogen-bond donors (Lipinski definition) is 1. The van der Waals surface area contributed by atoms with E-state index in [-0.39, 0.29) is 0 Å². The standard InChI is InChI=1S/C12H24.C3H8O/c1-10-7-5-6-8-11(10)9-12(2,3)4;1-2-3-4/h10-11H,5-9H2,1-4H3;4H,2-3H2,1H3. The SMILES string of the molecule is CC1CCCCC1CC(C)(C)C.CCCO. The van der Waals surface area contributed by atoms with Gasteiger partial charge in [-0.3, -0.25) is 0 Å². The van der Waals surface area contributed by atoms with Crippen LogP contribution in [0.4, 0.5) is 0 Å². The van der Waals surface area contributed by atoms with Crippen molar-refractivity contribution in [2.24, 2.45) is 17.3 Å². The maximum absolute atomic E-state index is 7.88. The lowest BCUT2D eigenvalue weighted by Crippen LogP contribution is -2.22. The average Bonchev–Trinajstić information content (AvgIpc) is 2.20. The van der Waals surface area contributed by atoms with Crippen molar-refractivity contribution in [3.05, 3.63) is 0 Å². The summed E-state index contributed by atoms with van der Waals surface area (Å²) < 4.78 is 0. The highest BCUT2D eigenvalue weighted by Crippen LogP contribution is 2.37. The Hall–Kier alpha value is -0.0400. The third kappa shape index (κ3) is 8.15. The summed E-state index contributed by atoms with van der Waals surface area (Å²) in [4.78, 5) is 0. The first kappa shape index (κ1) is 16.0. The van der Waals surface area contributed by atoms with Gasteiger partial charge in [0.15, 0.2) is 0 Å². The fraction of sp³-hybridized carbons (Fsp3) is 1.00. The van der Waals surface area contributed by atoms with E-state index in [2.05, 4.69) is 27.7 Å². The van der Waals surface area contributed by atoms with E-state index in [1.807, 2.05) is 6.92 Å². The molecule has 0 aromatic heterocycles. The second-order valence-electron chi connectivity index (χ2n) is 6.51. The zero-order valence-electron chi connectivity index (χ0n) is 12.1. The van der Waals surface area contributed by atoms with Crippen molar-refractivity contribution >= 4 is 0 Å². The monoisotopic (exact) mass is 228 g/mol. The van der Waals surface area contributed by atoms with Crippen molar-refractivity contribution < 1.29 is 5.11 Å². The van der Waals surface area contributed by atoms with Gasteiger partial charge in [0.2, 0.25) is 0 Å². The van der Waals surface area contributed by atoms with Crippen LogP contribution in [0, 0.1) is 17.3 Å². The van der Waals surface area contributed by atoms with E-state index in [1.165, 1.54) is 32.1 Å². The van der Waals surface area contributed by atoms with Crippen molar-refractivity contribution in [3.63, 3.8) is 0 Å². The molecule has 2 atom stereocenters. The van der Waals surface area contributed by atoms with Crippen LogP contribution in [0.1, 0.15) is 73.1 Å². The fourth-order valence-corrected chi connectivity index (χ4v) is 2.48. The number of rotatable bonds is 2. The molecule has 98 valence electrons. The molecule has 1 N–H and O–H groups in total. The average molecular weight is 228 g/mol. The molecule has 1 rings (SSSR count). The molecule has 0 bridgehead atoms. The summed E-state index contributed by atoms with van der Waals surface area (Å²) in [5.74, 6) is 2.00. The van der Waals surface area contributed by atoms with Crippen molar-refractivity contribution in [2.75, 3.05) is 6.61 Å². The van der Waals surface area contributed by atoms with Crippen LogP contribution in [0.5, 0.6) is 0 Å². The Bertz CT molecular complexity index is 155. The van der Waals surface area contributed by atoms with Crippen LogP contribution >= 0.6 is 0 Å². The van der Waals surface area contributed by atoms with Crippen molar-refractivity contribution in [3.8, 4) is 0 Å². The fourth-order valence-electron chi connectivity index (χ4n) is 2.48. The van der Waals surface area contributed by atoms with Gasteiger partial charge in [-0.25, -0.2) is 0 Å². The van der Waals surface area contributed by atoms with Gasteiger partial charge in [-0.05, 0) is 30.1 Å². The molecule has 16 heavy (non-hydrogen) atoms. The van der Waals surface area contributed by atoms with Gasteiger partial charge in [-0.2, -0.15) is 0 Å². The highest BCUT2D eigenvalue weighted by molar-refractivity contribution is 4.76. The Labute approximate surface area is 103 Å². The first-order chi connectivity index (χ1) is 7.40. The van der Waals surface area contributed by atoms with Gasteiger partial charge in [-0.15, -0.1) is 0 Å². The van der Waals surface area contributed by atoms with E-state index in [0.717, 1.165) is 18.3 Å². The second-order valence-corrected chi connectivity index (χ2v) is 6.51. The predicted molar refractivity (Wildman–Crippen MR) is 72.6 cm³/mol. The summed E-state index contributed by atoms with van der Waals surface area (Å²) in [7, 11) is 0. The minimum atomic E-state index is 0.319. The molecule has 1 nitrogen and oxygen atoms in total. The molecule has 1 heteroatoms. The smallest absolute Gasteiger partial charge is 0.0428 e. The third-order valence-corrected chi connectivity index (χ3v) is 3.39. The lowest BCUT2D eigenvalue weighted by atomic mass is 9.72. The topological polar surface area (TPSA) is 20.2 Å². The molecule has 0 heterocycles. The Morgan fingerprint density at radius 2 is 1.62 bits per heavy atom. The van der Waals surface area contributed by atoms with Gasteiger partial charge < -0.3 is 5.11 Å². The number of hydrogen-bond acceptors (Lipinski definition) is 1. The third-order valence-electron chi connectivity index (χ3n) is 3.39. The normalized spacial score (nSPS) is 25.9. The molecule has 0 saturated heterocycles. The van der Waals surface area contributed by atoms with Gasteiger partial charge in [0.1, 0.15) is 0 Å². The lowest BCUT2D eigenvalue weighted by Gasteiger charge is -2.33. The lowest BCUT2D eigenvalue weighted by molar-refractivity contribution is 0.180. The molecule has 1 aliphatic carbocycles. The summed E-state index contributed by atoms with van der Waals surface area (Å²) in [5, 5.41) is 7.88. The largest absolute Gasteiger partial charge is 0.396 e. The molecule has 0 amide bonds. The van der Waals surface area contributed by atoms with E-state index in [1.54, 1.807) is 0 Å². The summed E-state index contributed by atoms with van der Waals surface area (Å²) in [6.07, 6.45) is 8.21. The maximum atomic E-state index is 7.88. The van der Waals surface area contributed by atoms with Gasteiger partial charge in [0.25, 0.3) is 0 Å². The summed E-state index contributed by atoms with van der Waals surface area (Å²) in [6.45, 7) is 11.8. The second kappa shape index (κ2) is 8.11. The Morgan fingerprint density at radius 3 is 2.00 bits per heavy atom. The van der Waals surface area contributed by atoms with E-state index in [9.17, 15) is 0 Å². The molecule has 0 spiro atoms. The molecule has 0 aromatic carbocycles. The minimum Gasteiger partial charge on any atom is -0.396 e. The predicted octanol–water partition coefficient (Wildman–Crippen LogP) is 4.64. The Balaban J connectivity index is 0.000000487. The molecule has 0 radical (unpaired) electrons. The zero-order valence-corrected chi connectivity index (χ0v) is 12.1. The maximum Gasteiger partial charge on any atom is 0.0428 e. The molecule has 0 aromatic rings. The molecule has 0 aliphatic heterocycles. The Morgan fingerprint density at radius 1 is 1.12 bits per heavy atom. The van der Waals surface area contributed by atoms with Crippen LogP contribution in [0.3, 0.4) is 0 Å². The summed E-state index contributed by atoms with van der Waals surface area (Å²) in [5.41, 5.74) is 0.538. The van der Waals surface area contributed by atoms with E-state index in [4.69, 9.17) is 5.11 Å². The minimum absolute atomic E-state index is 0.319. The molecule has 2 unspecified atom stereocenters. The first-order valence-electron chi connectivity index (χ1n) is 7.01. The molecule has 1 fully saturated rings. The van der Waals surface area contributed by atoms with Gasteiger partial charge >= 0.3 is 0 Å². The number of aliphatic hydroxyl groups is 1. The quantitative estimate of drug-likeness (QED) is 0.730. The van der Waals surface area contributed by atoms with E-state index in [0.29, 0.717) is 12.0 Å². The van der Waals surface area contributed by atoms with Crippen LogP contribution in [-0.2, 0) is 0 Å². The van der Waals surface area contributed by atoms with E-state index >= 15 is 0 Å². The van der Waals surface area contributed by atoms with Gasteiger partial charge in [-0.1, -0.05) is 60.3 Å².